The summed E-state index contributed by atoms with van der Waals surface area (Å²) in [7, 11) is 0. The van der Waals surface area contributed by atoms with E-state index in [-0.39, 0.29) is 0 Å². The van der Waals surface area contributed by atoms with Gasteiger partial charge in [0, 0.05) is 24.6 Å². The highest BCUT2D eigenvalue weighted by Gasteiger charge is 2.04. The van der Waals surface area contributed by atoms with Crippen LogP contribution in [0.25, 0.3) is 0 Å². The van der Waals surface area contributed by atoms with Crippen LogP contribution in [-0.2, 0) is 0 Å². The van der Waals surface area contributed by atoms with E-state index in [0.717, 1.165) is 30.7 Å². The fraction of sp³-hybridized carbons (Fsp3) is 0.545. The van der Waals surface area contributed by atoms with Crippen molar-refractivity contribution in [2.24, 2.45) is 0 Å². The molecule has 0 amide bonds. The zero-order chi connectivity index (χ0) is 10.4. The summed E-state index contributed by atoms with van der Waals surface area (Å²) in [5.41, 5.74) is 1.27. The lowest BCUT2D eigenvalue weighted by atomic mass is 10.3. The molecule has 14 heavy (non-hydrogen) atoms. The molecule has 0 N–H and O–H groups in total. The lowest BCUT2D eigenvalue weighted by Gasteiger charge is -2.21. The molecule has 0 aliphatic carbocycles. The van der Waals surface area contributed by atoms with E-state index in [1.807, 2.05) is 12.3 Å². The Labute approximate surface area is 94.5 Å². The molecule has 2 nitrogen and oxygen atoms in total. The van der Waals surface area contributed by atoms with Gasteiger partial charge in [0.1, 0.15) is 5.82 Å². The Kier molecular flexibility index (Phi) is 4.94. The largest absolute Gasteiger partial charge is 0.357 e. The summed E-state index contributed by atoms with van der Waals surface area (Å²) in [6.45, 7) is 6.35. The second-order valence-corrected chi connectivity index (χ2v) is 4.11. The third-order valence-corrected chi connectivity index (χ3v) is 2.73. The smallest absolute Gasteiger partial charge is 0.128 e. The van der Waals surface area contributed by atoms with Gasteiger partial charge >= 0.3 is 0 Å². The quantitative estimate of drug-likeness (QED) is 0.754. The molecule has 0 fully saturated rings. The lowest BCUT2D eigenvalue weighted by molar-refractivity contribution is 0.785. The van der Waals surface area contributed by atoms with E-state index in [4.69, 9.17) is 0 Å². The number of hydrogen-bond donors (Lipinski definition) is 0. The van der Waals surface area contributed by atoms with Gasteiger partial charge in [0.05, 0.1) is 0 Å². The number of hydrogen-bond acceptors (Lipinski definition) is 2. The monoisotopic (exact) mass is 256 g/mol. The highest BCUT2D eigenvalue weighted by molar-refractivity contribution is 9.09. The van der Waals surface area contributed by atoms with Crippen LogP contribution in [0.3, 0.4) is 0 Å². The van der Waals surface area contributed by atoms with Crippen molar-refractivity contribution in [1.29, 1.82) is 0 Å². The molecule has 78 valence electrons. The number of anilines is 1. The van der Waals surface area contributed by atoms with Crippen molar-refractivity contribution in [1.82, 2.24) is 4.98 Å². The van der Waals surface area contributed by atoms with Crippen molar-refractivity contribution < 1.29 is 0 Å². The normalized spacial score (nSPS) is 10.2. The minimum Gasteiger partial charge on any atom is -0.357 e. The highest BCUT2D eigenvalue weighted by atomic mass is 79.9. The van der Waals surface area contributed by atoms with Gasteiger partial charge in [0.2, 0.25) is 0 Å². The van der Waals surface area contributed by atoms with Crippen LogP contribution in [0.5, 0.6) is 0 Å². The standard InChI is InChI=1S/C11H17BrN2/c1-3-14(8-4-6-12)11-9-10(2)5-7-13-11/h5,7,9H,3-4,6,8H2,1-2H3. The Morgan fingerprint density at radius 2 is 2.29 bits per heavy atom. The first-order valence-corrected chi connectivity index (χ1v) is 6.13. The van der Waals surface area contributed by atoms with Crippen LogP contribution >= 0.6 is 15.9 Å². The number of halogens is 1. The average molecular weight is 257 g/mol. The number of alkyl halides is 1. The summed E-state index contributed by atoms with van der Waals surface area (Å²) < 4.78 is 0. The van der Waals surface area contributed by atoms with Gasteiger partial charge < -0.3 is 4.90 Å². The minimum absolute atomic E-state index is 1.02. The maximum absolute atomic E-state index is 4.37. The fourth-order valence-corrected chi connectivity index (χ4v) is 1.63. The molecule has 0 aliphatic rings. The summed E-state index contributed by atoms with van der Waals surface area (Å²) in [5.74, 6) is 1.09. The molecule has 3 heteroatoms. The average Bonchev–Trinajstić information content (AvgIpc) is 2.19. The molecular weight excluding hydrogens is 240 g/mol. The van der Waals surface area contributed by atoms with Crippen molar-refractivity contribution >= 4 is 21.7 Å². The summed E-state index contributed by atoms with van der Waals surface area (Å²) >= 11 is 3.45. The first-order chi connectivity index (χ1) is 6.77. The third-order valence-electron chi connectivity index (χ3n) is 2.17. The number of aryl methyl sites for hydroxylation is 1. The van der Waals surface area contributed by atoms with Crippen LogP contribution in [0, 0.1) is 6.92 Å². The van der Waals surface area contributed by atoms with Crippen LogP contribution in [0.15, 0.2) is 18.3 Å². The van der Waals surface area contributed by atoms with E-state index in [2.05, 4.69) is 45.7 Å². The van der Waals surface area contributed by atoms with Crippen molar-refractivity contribution in [2.75, 3.05) is 23.3 Å². The van der Waals surface area contributed by atoms with Gasteiger partial charge in [-0.1, -0.05) is 15.9 Å². The number of pyridine rings is 1. The van der Waals surface area contributed by atoms with E-state index < -0.39 is 0 Å². The van der Waals surface area contributed by atoms with E-state index in [1.54, 1.807) is 0 Å². The molecule has 0 aliphatic heterocycles. The Bertz CT molecular complexity index is 276. The Balaban J connectivity index is 2.68. The van der Waals surface area contributed by atoms with E-state index in [9.17, 15) is 0 Å². The summed E-state index contributed by atoms with van der Waals surface area (Å²) in [5, 5.41) is 1.05. The Morgan fingerprint density at radius 1 is 1.50 bits per heavy atom. The van der Waals surface area contributed by atoms with E-state index in [1.165, 1.54) is 5.56 Å². The van der Waals surface area contributed by atoms with Gasteiger partial charge in [-0.2, -0.15) is 0 Å². The van der Waals surface area contributed by atoms with Gasteiger partial charge in [0.15, 0.2) is 0 Å². The van der Waals surface area contributed by atoms with Crippen molar-refractivity contribution in [2.45, 2.75) is 20.3 Å². The molecule has 1 rings (SSSR count). The first kappa shape index (κ1) is 11.5. The molecule has 1 aromatic rings. The first-order valence-electron chi connectivity index (χ1n) is 5.01. The maximum atomic E-state index is 4.37. The predicted molar refractivity (Wildman–Crippen MR) is 65.3 cm³/mol. The van der Waals surface area contributed by atoms with Gasteiger partial charge in [-0.05, 0) is 38.0 Å². The second-order valence-electron chi connectivity index (χ2n) is 3.31. The number of nitrogens with zero attached hydrogens (tertiary/aromatic N) is 2. The summed E-state index contributed by atoms with van der Waals surface area (Å²) in [6.07, 6.45) is 3.03. The van der Waals surface area contributed by atoms with Crippen LogP contribution < -0.4 is 4.90 Å². The minimum atomic E-state index is 1.02. The zero-order valence-corrected chi connectivity index (χ0v) is 10.4. The van der Waals surface area contributed by atoms with Crippen molar-refractivity contribution in [3.63, 3.8) is 0 Å². The van der Waals surface area contributed by atoms with Gasteiger partial charge in [0.25, 0.3) is 0 Å². The number of rotatable bonds is 5. The van der Waals surface area contributed by atoms with Crippen LogP contribution in [0.1, 0.15) is 18.9 Å². The summed E-state index contributed by atoms with van der Waals surface area (Å²) in [6, 6.07) is 4.17. The van der Waals surface area contributed by atoms with Crippen molar-refractivity contribution in [3.8, 4) is 0 Å². The molecule has 0 bridgehead atoms. The SMILES string of the molecule is CCN(CCCBr)c1cc(C)ccn1. The van der Waals surface area contributed by atoms with Gasteiger partial charge in [-0.3, -0.25) is 0 Å². The predicted octanol–water partition coefficient (Wildman–Crippen LogP) is 3.00. The Morgan fingerprint density at radius 3 is 2.86 bits per heavy atom. The fourth-order valence-electron chi connectivity index (χ4n) is 1.38. The van der Waals surface area contributed by atoms with E-state index >= 15 is 0 Å². The second kappa shape index (κ2) is 6.02. The molecule has 0 saturated carbocycles. The third kappa shape index (κ3) is 3.29. The molecule has 1 heterocycles. The van der Waals surface area contributed by atoms with Gasteiger partial charge in [-0.15, -0.1) is 0 Å². The van der Waals surface area contributed by atoms with Gasteiger partial charge in [-0.25, -0.2) is 4.98 Å². The Hall–Kier alpha value is -0.570. The van der Waals surface area contributed by atoms with Crippen LogP contribution in [-0.4, -0.2) is 23.4 Å². The van der Waals surface area contributed by atoms with Crippen LogP contribution in [0.2, 0.25) is 0 Å². The molecule has 1 aromatic heterocycles. The molecule has 0 saturated heterocycles. The molecule has 0 radical (unpaired) electrons. The molecular formula is C11H17BrN2. The lowest BCUT2D eigenvalue weighted by Crippen LogP contribution is -2.25. The zero-order valence-electron chi connectivity index (χ0n) is 8.83. The van der Waals surface area contributed by atoms with E-state index in [0.29, 0.717) is 0 Å². The highest BCUT2D eigenvalue weighted by Crippen LogP contribution is 2.12. The molecule has 0 unspecified atom stereocenters. The molecule has 0 atom stereocenters. The summed E-state index contributed by atoms with van der Waals surface area (Å²) in [4.78, 5) is 6.67. The van der Waals surface area contributed by atoms with Crippen LogP contribution in [0.4, 0.5) is 5.82 Å². The van der Waals surface area contributed by atoms with Crippen molar-refractivity contribution in [3.05, 3.63) is 23.9 Å². The molecule has 0 aromatic carbocycles. The maximum Gasteiger partial charge on any atom is 0.128 e. The topological polar surface area (TPSA) is 16.1 Å². The number of aromatic nitrogens is 1. The molecule has 0 spiro atoms.